The molecular weight excluding hydrogens is 424 g/mol. The molecule has 3 aromatic heterocycles. The maximum absolute atomic E-state index is 13.5. The molecule has 5 heterocycles. The summed E-state index contributed by atoms with van der Waals surface area (Å²) in [4.78, 5) is 30.2. The van der Waals surface area contributed by atoms with Crippen LogP contribution in [0.2, 0.25) is 0 Å². The van der Waals surface area contributed by atoms with Crippen molar-refractivity contribution >= 4 is 11.7 Å². The Kier molecular flexibility index (Phi) is 4.64. The van der Waals surface area contributed by atoms with Crippen LogP contribution in [0, 0.1) is 6.92 Å². The zero-order chi connectivity index (χ0) is 22.7. The van der Waals surface area contributed by atoms with Gasteiger partial charge in [-0.3, -0.25) is 14.8 Å². The van der Waals surface area contributed by atoms with Crippen LogP contribution < -0.4 is 4.90 Å². The highest BCUT2D eigenvalue weighted by atomic mass is 19.3. The first kappa shape index (κ1) is 20.2. The number of alkyl halides is 2. The predicted octanol–water partition coefficient (Wildman–Crippen LogP) is 4.47. The van der Waals surface area contributed by atoms with Crippen LogP contribution in [0.4, 0.5) is 14.6 Å². The van der Waals surface area contributed by atoms with Crippen molar-refractivity contribution in [2.75, 3.05) is 11.4 Å². The SMILES string of the molecule is Cc1cc2c(nc1N1CCc3ncc(-c4cccnc4C(F)F)cc3C1)CN(C1CC1)C2=O. The van der Waals surface area contributed by atoms with E-state index in [1.807, 2.05) is 24.0 Å². The van der Waals surface area contributed by atoms with Gasteiger partial charge in [-0.2, -0.15) is 0 Å². The fraction of sp³-hybridized carbons (Fsp3) is 0.360. The van der Waals surface area contributed by atoms with Gasteiger partial charge in [-0.05, 0) is 49.1 Å². The number of carbonyl (C=O) groups is 1. The van der Waals surface area contributed by atoms with E-state index in [0.717, 1.165) is 59.7 Å². The molecule has 1 aliphatic carbocycles. The summed E-state index contributed by atoms with van der Waals surface area (Å²) >= 11 is 0. The van der Waals surface area contributed by atoms with Gasteiger partial charge in [-0.1, -0.05) is 6.07 Å². The monoisotopic (exact) mass is 447 g/mol. The number of amides is 1. The van der Waals surface area contributed by atoms with E-state index in [0.29, 0.717) is 30.3 Å². The number of fused-ring (bicyclic) bond motifs is 2. The maximum atomic E-state index is 13.5. The number of halogens is 2. The molecule has 3 aromatic rings. The van der Waals surface area contributed by atoms with Crippen LogP contribution in [0.3, 0.4) is 0 Å². The first-order valence-corrected chi connectivity index (χ1v) is 11.3. The molecule has 168 valence electrons. The van der Waals surface area contributed by atoms with E-state index >= 15 is 0 Å². The normalized spacial score (nSPS) is 17.5. The Hall–Kier alpha value is -3.42. The van der Waals surface area contributed by atoms with Crippen LogP contribution in [0.5, 0.6) is 0 Å². The lowest BCUT2D eigenvalue weighted by Gasteiger charge is -2.31. The van der Waals surface area contributed by atoms with Gasteiger partial charge in [0.2, 0.25) is 0 Å². The molecule has 0 spiro atoms. The Morgan fingerprint density at radius 3 is 2.73 bits per heavy atom. The van der Waals surface area contributed by atoms with E-state index in [1.54, 1.807) is 18.3 Å². The average Bonchev–Trinajstić information content (AvgIpc) is 3.62. The molecule has 1 saturated carbocycles. The molecule has 8 heteroatoms. The van der Waals surface area contributed by atoms with Crippen molar-refractivity contribution in [1.82, 2.24) is 19.9 Å². The first-order chi connectivity index (χ1) is 16.0. The number of pyridine rings is 3. The highest BCUT2D eigenvalue weighted by Gasteiger charge is 2.39. The molecule has 0 unspecified atom stereocenters. The zero-order valence-electron chi connectivity index (χ0n) is 18.3. The predicted molar refractivity (Wildman–Crippen MR) is 119 cm³/mol. The summed E-state index contributed by atoms with van der Waals surface area (Å²) in [5.41, 5.74) is 5.34. The van der Waals surface area contributed by atoms with Gasteiger partial charge in [-0.15, -0.1) is 0 Å². The summed E-state index contributed by atoms with van der Waals surface area (Å²) in [6.07, 6.45) is 3.30. The fourth-order valence-corrected chi connectivity index (χ4v) is 4.93. The van der Waals surface area contributed by atoms with Crippen LogP contribution in [-0.2, 0) is 19.5 Å². The van der Waals surface area contributed by atoms with E-state index in [1.165, 1.54) is 6.20 Å². The second-order valence-corrected chi connectivity index (χ2v) is 9.03. The van der Waals surface area contributed by atoms with Gasteiger partial charge in [0, 0.05) is 54.8 Å². The van der Waals surface area contributed by atoms with Gasteiger partial charge in [0.05, 0.1) is 17.8 Å². The van der Waals surface area contributed by atoms with Gasteiger partial charge in [0.15, 0.2) is 0 Å². The summed E-state index contributed by atoms with van der Waals surface area (Å²) in [5, 5.41) is 0. The molecule has 0 aromatic carbocycles. The van der Waals surface area contributed by atoms with Gasteiger partial charge in [0.1, 0.15) is 11.5 Å². The topological polar surface area (TPSA) is 62.2 Å². The fourth-order valence-electron chi connectivity index (χ4n) is 4.93. The molecule has 1 fully saturated rings. The molecule has 33 heavy (non-hydrogen) atoms. The van der Waals surface area contributed by atoms with Crippen molar-refractivity contribution in [3.05, 3.63) is 70.4 Å². The van der Waals surface area contributed by atoms with Crippen molar-refractivity contribution in [2.24, 2.45) is 0 Å². The minimum Gasteiger partial charge on any atom is -0.352 e. The van der Waals surface area contributed by atoms with Gasteiger partial charge < -0.3 is 9.80 Å². The Bertz CT molecular complexity index is 1270. The summed E-state index contributed by atoms with van der Waals surface area (Å²) in [6.45, 7) is 3.93. The summed E-state index contributed by atoms with van der Waals surface area (Å²) in [7, 11) is 0. The van der Waals surface area contributed by atoms with Crippen molar-refractivity contribution in [1.29, 1.82) is 0 Å². The van der Waals surface area contributed by atoms with Crippen molar-refractivity contribution in [3.8, 4) is 11.1 Å². The number of hydrogen-bond acceptors (Lipinski definition) is 5. The van der Waals surface area contributed by atoms with Gasteiger partial charge >= 0.3 is 0 Å². The lowest BCUT2D eigenvalue weighted by atomic mass is 9.99. The van der Waals surface area contributed by atoms with E-state index in [-0.39, 0.29) is 11.6 Å². The third-order valence-corrected chi connectivity index (χ3v) is 6.76. The van der Waals surface area contributed by atoms with Crippen molar-refractivity contribution in [2.45, 2.75) is 51.7 Å². The molecule has 0 N–H and O–H groups in total. The molecule has 0 saturated heterocycles. The molecular formula is C25H23F2N5O. The number of aromatic nitrogens is 3. The molecule has 6 nitrogen and oxygen atoms in total. The summed E-state index contributed by atoms with van der Waals surface area (Å²) in [5.74, 6) is 0.976. The minimum absolute atomic E-state index is 0.0961. The Labute approximate surface area is 190 Å². The van der Waals surface area contributed by atoms with Crippen LogP contribution in [0.1, 0.15) is 57.8 Å². The maximum Gasteiger partial charge on any atom is 0.280 e. The van der Waals surface area contributed by atoms with Crippen LogP contribution in [0.15, 0.2) is 36.7 Å². The molecule has 0 radical (unpaired) electrons. The Morgan fingerprint density at radius 2 is 1.94 bits per heavy atom. The first-order valence-electron chi connectivity index (χ1n) is 11.3. The molecule has 3 aliphatic rings. The smallest absolute Gasteiger partial charge is 0.280 e. The second kappa shape index (κ2) is 7.57. The largest absolute Gasteiger partial charge is 0.352 e. The van der Waals surface area contributed by atoms with Crippen molar-refractivity contribution < 1.29 is 13.6 Å². The Morgan fingerprint density at radius 1 is 1.09 bits per heavy atom. The lowest BCUT2D eigenvalue weighted by molar-refractivity contribution is 0.0766. The molecule has 1 amide bonds. The molecule has 0 atom stereocenters. The second-order valence-electron chi connectivity index (χ2n) is 9.03. The Balaban J connectivity index is 1.31. The number of aryl methyl sites for hydroxylation is 1. The summed E-state index contributed by atoms with van der Waals surface area (Å²) in [6, 6.07) is 7.60. The number of carbonyl (C=O) groups excluding carboxylic acids is 1. The minimum atomic E-state index is -2.65. The summed E-state index contributed by atoms with van der Waals surface area (Å²) < 4.78 is 26.9. The molecule has 0 bridgehead atoms. The van der Waals surface area contributed by atoms with Crippen LogP contribution in [0.25, 0.3) is 11.1 Å². The van der Waals surface area contributed by atoms with Crippen LogP contribution >= 0.6 is 0 Å². The standard InChI is InChI=1S/C25H23F2N5O/c1-14-9-19-21(13-32(25(19)33)17-4-5-17)30-24(14)31-8-6-20-16(12-31)10-15(11-29-20)18-3-2-7-28-22(18)23(26)27/h2-3,7,9-11,17,23H,4-6,8,12-13H2,1H3. The van der Waals surface area contributed by atoms with Crippen molar-refractivity contribution in [3.63, 3.8) is 0 Å². The number of rotatable bonds is 4. The average molecular weight is 447 g/mol. The van der Waals surface area contributed by atoms with Gasteiger partial charge in [0.25, 0.3) is 12.3 Å². The highest BCUT2D eigenvalue weighted by Crippen LogP contribution is 2.37. The van der Waals surface area contributed by atoms with Crippen LogP contribution in [-0.4, -0.2) is 38.3 Å². The quantitative estimate of drug-likeness (QED) is 0.591. The van der Waals surface area contributed by atoms with E-state index < -0.39 is 6.43 Å². The highest BCUT2D eigenvalue weighted by molar-refractivity contribution is 5.98. The molecule has 2 aliphatic heterocycles. The van der Waals surface area contributed by atoms with E-state index in [9.17, 15) is 13.6 Å². The third-order valence-electron chi connectivity index (χ3n) is 6.76. The van der Waals surface area contributed by atoms with E-state index in [4.69, 9.17) is 4.98 Å². The lowest BCUT2D eigenvalue weighted by Crippen LogP contribution is -2.32. The zero-order valence-corrected chi connectivity index (χ0v) is 18.3. The third kappa shape index (κ3) is 3.44. The number of nitrogens with zero attached hydrogens (tertiary/aromatic N) is 5. The van der Waals surface area contributed by atoms with Gasteiger partial charge in [-0.25, -0.2) is 13.8 Å². The molecule has 6 rings (SSSR count). The number of anilines is 1. The van der Waals surface area contributed by atoms with E-state index in [2.05, 4.69) is 14.9 Å². The number of hydrogen-bond donors (Lipinski definition) is 0.